The zero-order chi connectivity index (χ0) is 25.8. The van der Waals surface area contributed by atoms with Crippen LogP contribution in [0.3, 0.4) is 0 Å². The van der Waals surface area contributed by atoms with Gasteiger partial charge in [0.2, 0.25) is 5.91 Å². The van der Waals surface area contributed by atoms with Crippen LogP contribution in [0.25, 0.3) is 10.2 Å². The summed E-state index contributed by atoms with van der Waals surface area (Å²) in [4.78, 5) is 61.0. The van der Waals surface area contributed by atoms with E-state index in [0.29, 0.717) is 34.7 Å². The minimum Gasteiger partial charge on any atom is -0.349 e. The fraction of sp³-hybridized carbons (Fsp3) is 0.333. The fourth-order valence-corrected chi connectivity index (χ4v) is 5.20. The van der Waals surface area contributed by atoms with E-state index in [0.717, 1.165) is 4.70 Å². The molecule has 3 N–H and O–H groups in total. The smallest absolute Gasteiger partial charge is 0.314 e. The van der Waals surface area contributed by atoms with Gasteiger partial charge in [-0.15, -0.1) is 11.3 Å². The highest BCUT2D eigenvalue weighted by Gasteiger charge is 2.37. The Morgan fingerprint density at radius 3 is 2.53 bits per heavy atom. The van der Waals surface area contributed by atoms with Crippen molar-refractivity contribution >= 4 is 62.6 Å². The predicted octanol–water partition coefficient (Wildman–Crippen LogP) is 2.45. The highest BCUT2D eigenvalue weighted by Crippen LogP contribution is 2.28. The highest BCUT2D eigenvalue weighted by molar-refractivity contribution is 7.20. The Morgan fingerprint density at radius 1 is 1.03 bits per heavy atom. The van der Waals surface area contributed by atoms with Gasteiger partial charge in [-0.25, -0.2) is 4.98 Å². The average Bonchev–Trinajstić information content (AvgIpc) is 3.30. The van der Waals surface area contributed by atoms with Crippen molar-refractivity contribution in [3.63, 3.8) is 0 Å². The van der Waals surface area contributed by atoms with Gasteiger partial charge in [-0.3, -0.25) is 24.2 Å². The van der Waals surface area contributed by atoms with E-state index in [2.05, 4.69) is 25.9 Å². The van der Waals surface area contributed by atoms with Crippen LogP contribution in [-0.2, 0) is 14.4 Å². The molecule has 1 saturated carbocycles. The lowest BCUT2D eigenvalue weighted by molar-refractivity contribution is -0.137. The van der Waals surface area contributed by atoms with Crippen LogP contribution in [0.2, 0.25) is 5.02 Å². The lowest BCUT2D eigenvalue weighted by Gasteiger charge is -2.37. The summed E-state index contributed by atoms with van der Waals surface area (Å²) < 4.78 is 0.879. The van der Waals surface area contributed by atoms with Gasteiger partial charge in [0, 0.05) is 38.4 Å². The number of fused-ring (bicyclic) bond motifs is 1. The van der Waals surface area contributed by atoms with Crippen molar-refractivity contribution in [2.45, 2.75) is 31.3 Å². The molecular weight excluding hydrogens is 504 g/mol. The van der Waals surface area contributed by atoms with Crippen molar-refractivity contribution in [3.8, 4) is 0 Å². The van der Waals surface area contributed by atoms with Crippen LogP contribution in [0.1, 0.15) is 28.9 Å². The minimum absolute atomic E-state index is 0.0448. The number of halogens is 1. The average molecular weight is 529 g/mol. The number of nitrogens with one attached hydrogen (secondary N) is 3. The number of nitrogens with zero attached hydrogens (tertiary/aromatic N) is 3. The maximum absolute atomic E-state index is 13.1. The summed E-state index contributed by atoms with van der Waals surface area (Å²) in [6.45, 7) is 0. The number of amides is 4. The number of pyridine rings is 2. The molecule has 1 aliphatic rings. The minimum atomic E-state index is -0.892. The van der Waals surface area contributed by atoms with Gasteiger partial charge in [0.25, 0.3) is 5.91 Å². The van der Waals surface area contributed by atoms with Crippen LogP contribution in [0.5, 0.6) is 0 Å². The second kappa shape index (κ2) is 11.0. The van der Waals surface area contributed by atoms with Crippen molar-refractivity contribution in [3.05, 3.63) is 52.6 Å². The SMILES string of the molecule is CN(C)C(=O)[C@H]1CC[C@H](NC(=O)C(=O)Nc2ccc(Cl)cn2)[C@H](NC(=O)c2cc3ncccc3s2)C1. The molecule has 3 heterocycles. The Hall–Kier alpha value is -3.57. The molecule has 1 aliphatic carbocycles. The molecule has 4 rings (SSSR count). The van der Waals surface area contributed by atoms with E-state index >= 15 is 0 Å². The zero-order valence-electron chi connectivity index (χ0n) is 19.7. The first kappa shape index (κ1) is 25.5. The summed E-state index contributed by atoms with van der Waals surface area (Å²) in [7, 11) is 3.37. The van der Waals surface area contributed by atoms with Crippen LogP contribution in [-0.4, -0.2) is 64.7 Å². The summed E-state index contributed by atoms with van der Waals surface area (Å²) in [6.07, 6.45) is 4.28. The Bertz CT molecular complexity index is 1260. The Labute approximate surface area is 216 Å². The standard InChI is InChI=1S/C24H25ClN6O4S/c1-31(2)24(35)13-5-7-15(28-22(33)23(34)30-20-8-6-14(25)12-27-20)16(10-13)29-21(32)19-11-17-18(36-19)4-3-9-26-17/h3-4,6,8-9,11-13,15-16H,5,7,10H2,1-2H3,(H,28,33)(H,29,32)(H,27,30,34)/t13-,15-,16+/m0/s1. The van der Waals surface area contributed by atoms with Gasteiger partial charge in [-0.2, -0.15) is 0 Å². The van der Waals surface area contributed by atoms with Gasteiger partial charge in [-0.05, 0) is 49.6 Å². The summed E-state index contributed by atoms with van der Waals surface area (Å²) in [5.74, 6) is -2.25. The fourth-order valence-electron chi connectivity index (χ4n) is 4.17. The van der Waals surface area contributed by atoms with E-state index in [4.69, 9.17) is 11.6 Å². The number of anilines is 1. The van der Waals surface area contributed by atoms with Crippen molar-refractivity contribution in [2.75, 3.05) is 19.4 Å². The van der Waals surface area contributed by atoms with Gasteiger partial charge in [-0.1, -0.05) is 11.6 Å². The molecular formula is C24H25ClN6O4S. The van der Waals surface area contributed by atoms with Crippen LogP contribution in [0.15, 0.2) is 42.7 Å². The molecule has 3 atom stereocenters. The molecule has 10 nitrogen and oxygen atoms in total. The maximum atomic E-state index is 13.1. The molecule has 0 unspecified atom stereocenters. The third-order valence-corrected chi connectivity index (χ3v) is 7.27. The van der Waals surface area contributed by atoms with Crippen molar-refractivity contribution in [2.24, 2.45) is 5.92 Å². The van der Waals surface area contributed by atoms with Gasteiger partial charge < -0.3 is 20.9 Å². The summed E-state index contributed by atoms with van der Waals surface area (Å²) in [6, 6.07) is 7.32. The van der Waals surface area contributed by atoms with Crippen molar-refractivity contribution in [1.29, 1.82) is 0 Å². The van der Waals surface area contributed by atoms with Gasteiger partial charge in [0.1, 0.15) is 5.82 Å². The molecule has 0 bridgehead atoms. The number of aromatic nitrogens is 2. The Balaban J connectivity index is 1.47. The van der Waals surface area contributed by atoms with Crippen LogP contribution in [0, 0.1) is 5.92 Å². The summed E-state index contributed by atoms with van der Waals surface area (Å²) >= 11 is 7.11. The van der Waals surface area contributed by atoms with Crippen molar-refractivity contribution in [1.82, 2.24) is 25.5 Å². The van der Waals surface area contributed by atoms with Crippen LogP contribution in [0.4, 0.5) is 5.82 Å². The van der Waals surface area contributed by atoms with E-state index in [-0.39, 0.29) is 23.6 Å². The number of hydrogen-bond acceptors (Lipinski definition) is 7. The van der Waals surface area contributed by atoms with Gasteiger partial charge in [0.05, 0.1) is 26.2 Å². The molecule has 188 valence electrons. The Kier molecular flexibility index (Phi) is 7.80. The third kappa shape index (κ3) is 5.97. The lowest BCUT2D eigenvalue weighted by Crippen LogP contribution is -2.57. The number of carbonyl (C=O) groups is 4. The van der Waals surface area contributed by atoms with Crippen LogP contribution < -0.4 is 16.0 Å². The summed E-state index contributed by atoms with van der Waals surface area (Å²) in [5, 5.41) is 8.51. The normalized spacial score (nSPS) is 19.4. The molecule has 3 aromatic rings. The summed E-state index contributed by atoms with van der Waals surface area (Å²) in [5.41, 5.74) is 0.717. The van der Waals surface area contributed by atoms with E-state index in [9.17, 15) is 19.2 Å². The topological polar surface area (TPSA) is 133 Å². The number of thiophene rings is 1. The highest BCUT2D eigenvalue weighted by atomic mass is 35.5. The molecule has 0 aliphatic heterocycles. The predicted molar refractivity (Wildman–Crippen MR) is 137 cm³/mol. The van der Waals surface area contributed by atoms with E-state index in [1.54, 1.807) is 38.5 Å². The molecule has 1 fully saturated rings. The number of rotatable bonds is 5. The molecule has 0 aromatic carbocycles. The lowest BCUT2D eigenvalue weighted by atomic mass is 9.81. The quantitative estimate of drug-likeness (QED) is 0.436. The first-order valence-electron chi connectivity index (χ1n) is 11.3. The first-order chi connectivity index (χ1) is 17.2. The van der Waals surface area contributed by atoms with E-state index < -0.39 is 23.9 Å². The van der Waals surface area contributed by atoms with Gasteiger partial charge in [0.15, 0.2) is 0 Å². The molecule has 0 spiro atoms. The Morgan fingerprint density at radius 2 is 1.83 bits per heavy atom. The van der Waals surface area contributed by atoms with Gasteiger partial charge >= 0.3 is 11.8 Å². The van der Waals surface area contributed by atoms with E-state index in [1.165, 1.54) is 28.5 Å². The maximum Gasteiger partial charge on any atom is 0.314 e. The first-order valence-corrected chi connectivity index (χ1v) is 12.5. The second-order valence-electron chi connectivity index (χ2n) is 8.72. The van der Waals surface area contributed by atoms with E-state index in [1.807, 2.05) is 6.07 Å². The number of carbonyl (C=O) groups excluding carboxylic acids is 4. The molecule has 0 radical (unpaired) electrons. The molecule has 12 heteroatoms. The molecule has 3 aromatic heterocycles. The number of hydrogen-bond donors (Lipinski definition) is 3. The second-order valence-corrected chi connectivity index (χ2v) is 10.2. The van der Waals surface area contributed by atoms with Crippen LogP contribution >= 0.6 is 22.9 Å². The molecule has 0 saturated heterocycles. The third-order valence-electron chi connectivity index (χ3n) is 5.96. The molecule has 36 heavy (non-hydrogen) atoms. The molecule has 4 amide bonds. The largest absolute Gasteiger partial charge is 0.349 e. The zero-order valence-corrected chi connectivity index (χ0v) is 21.2. The monoisotopic (exact) mass is 528 g/mol. The van der Waals surface area contributed by atoms with Crippen molar-refractivity contribution < 1.29 is 19.2 Å².